The summed E-state index contributed by atoms with van der Waals surface area (Å²) in [4.78, 5) is 78.5. The third kappa shape index (κ3) is 8.13. The number of piperazine rings is 1. The van der Waals surface area contributed by atoms with Gasteiger partial charge in [-0.15, -0.1) is 0 Å². The zero-order chi connectivity index (χ0) is 40.5. The number of halogens is 5. The van der Waals surface area contributed by atoms with Crippen LogP contribution in [-0.4, -0.2) is 110 Å². The smallest absolute Gasteiger partial charge is 0.534 e. The van der Waals surface area contributed by atoms with Crippen molar-refractivity contribution in [3.63, 3.8) is 0 Å². The molecule has 0 aromatic heterocycles. The molecule has 3 aromatic rings. The SMILES string of the molecule is O=C(NCCCN1CCN(C(=O)NC(C(=O)N[C@H]2Cc3ccc(F)c(C(=O)O)c3OB2O)c2cc(F)c(O)c(O)c2Cl)C(=O)C1=O)c1ccc(O)c(F)c1Cl. The summed E-state index contributed by atoms with van der Waals surface area (Å²) in [5, 5.41) is 54.8. The van der Waals surface area contributed by atoms with Crippen molar-refractivity contribution in [2.45, 2.75) is 24.8 Å². The van der Waals surface area contributed by atoms with Crippen molar-refractivity contribution in [2.75, 3.05) is 26.2 Å². The lowest BCUT2D eigenvalue weighted by atomic mass is 9.72. The van der Waals surface area contributed by atoms with Crippen LogP contribution < -0.4 is 20.6 Å². The molecule has 2 atom stereocenters. The third-order valence-electron chi connectivity index (χ3n) is 8.54. The Balaban J connectivity index is 1.27. The van der Waals surface area contributed by atoms with Crippen molar-refractivity contribution in [1.82, 2.24) is 25.8 Å². The van der Waals surface area contributed by atoms with Gasteiger partial charge in [-0.05, 0) is 42.7 Å². The number of phenolic OH excluding ortho intramolecular Hbond substituents is 3. The van der Waals surface area contributed by atoms with E-state index >= 15 is 0 Å². The van der Waals surface area contributed by atoms with Crippen molar-refractivity contribution in [3.8, 4) is 23.0 Å². The molecule has 5 rings (SSSR count). The number of hydrogen-bond acceptors (Lipinski definition) is 11. The van der Waals surface area contributed by atoms with E-state index in [4.69, 9.17) is 27.9 Å². The number of nitrogens with zero attached hydrogens (tertiary/aromatic N) is 2. The van der Waals surface area contributed by atoms with Crippen molar-refractivity contribution >= 4 is 65.9 Å². The minimum absolute atomic E-state index is 0.0443. The molecule has 290 valence electrons. The number of urea groups is 1. The number of carbonyl (C=O) groups excluding carboxylic acids is 5. The summed E-state index contributed by atoms with van der Waals surface area (Å²) in [5.74, 6) is -15.3. The predicted molar refractivity (Wildman–Crippen MR) is 182 cm³/mol. The standard InChI is InChI=1S/C32H27BCl2F3N5O12/c34-20-13(3-5-17(44)22(20)38)27(47)39-6-1-7-42-8-9-43(30(50)29(42)49)32(53)41-23(14-11-16(37)24(45)25(46)21(14)35)28(48)40-18-10-12-2-4-15(36)19(31(51)52)26(12)55-33(18)54/h2-5,11,18,23,44-46,54H,1,6-10H2,(H,39,47)(H,40,48)(H,41,53)(H,51,52)/t18-,23?/m0/s1. The fourth-order valence-corrected chi connectivity index (χ4v) is 6.21. The minimum atomic E-state index is -2.10. The molecule has 55 heavy (non-hydrogen) atoms. The van der Waals surface area contributed by atoms with E-state index in [-0.39, 0.29) is 43.6 Å². The van der Waals surface area contributed by atoms with Gasteiger partial charge in [0.2, 0.25) is 5.91 Å². The second kappa shape index (κ2) is 16.2. The number of aromatic carboxylic acids is 1. The van der Waals surface area contributed by atoms with Crippen molar-refractivity contribution in [1.29, 1.82) is 0 Å². The quantitative estimate of drug-likeness (QED) is 0.0629. The number of phenols is 3. The lowest BCUT2D eigenvalue weighted by Gasteiger charge is -2.34. The minimum Gasteiger partial charge on any atom is -0.534 e. The molecule has 1 unspecified atom stereocenters. The average Bonchev–Trinajstić information content (AvgIpc) is 3.13. The normalized spacial score (nSPS) is 15.9. The van der Waals surface area contributed by atoms with E-state index in [1.54, 1.807) is 0 Å². The molecule has 8 N–H and O–H groups in total. The summed E-state index contributed by atoms with van der Waals surface area (Å²) < 4.78 is 47.8. The van der Waals surface area contributed by atoms with Gasteiger partial charge in [-0.2, -0.15) is 0 Å². The van der Waals surface area contributed by atoms with Crippen LogP contribution in [0.15, 0.2) is 30.3 Å². The zero-order valence-corrected chi connectivity index (χ0v) is 29.3. The molecule has 2 aliphatic rings. The lowest BCUT2D eigenvalue weighted by molar-refractivity contribution is -0.153. The number of benzene rings is 3. The maximum absolute atomic E-state index is 14.6. The molecule has 17 nitrogen and oxygen atoms in total. The van der Waals surface area contributed by atoms with Gasteiger partial charge < -0.3 is 51.0 Å². The molecule has 2 heterocycles. The first-order chi connectivity index (χ1) is 25.9. The summed E-state index contributed by atoms with van der Waals surface area (Å²) in [6.07, 6.45) is -0.270. The second-order valence-electron chi connectivity index (χ2n) is 12.0. The molecular weight excluding hydrogens is 785 g/mol. The second-order valence-corrected chi connectivity index (χ2v) is 12.8. The van der Waals surface area contributed by atoms with Gasteiger partial charge in [0.1, 0.15) is 23.2 Å². The number of amides is 6. The van der Waals surface area contributed by atoms with Gasteiger partial charge >= 0.3 is 30.9 Å². The number of carbonyl (C=O) groups is 6. The number of carboxylic acids is 1. The summed E-state index contributed by atoms with van der Waals surface area (Å²) in [5.41, 5.74) is -1.75. The number of rotatable bonds is 10. The molecule has 1 saturated heterocycles. The van der Waals surface area contributed by atoms with Crippen LogP contribution in [-0.2, 0) is 20.8 Å². The highest BCUT2D eigenvalue weighted by Crippen LogP contribution is 2.41. The van der Waals surface area contributed by atoms with Crippen LogP contribution in [0.1, 0.15) is 44.3 Å². The van der Waals surface area contributed by atoms with Gasteiger partial charge in [0.05, 0.1) is 21.5 Å². The van der Waals surface area contributed by atoms with E-state index in [0.29, 0.717) is 11.0 Å². The topological polar surface area (TPSA) is 255 Å². The van der Waals surface area contributed by atoms with E-state index in [1.807, 2.05) is 0 Å². The summed E-state index contributed by atoms with van der Waals surface area (Å²) >= 11 is 11.9. The van der Waals surface area contributed by atoms with E-state index in [9.17, 15) is 67.4 Å². The molecule has 0 aliphatic carbocycles. The van der Waals surface area contributed by atoms with Crippen LogP contribution in [0.3, 0.4) is 0 Å². The monoisotopic (exact) mass is 811 g/mol. The Hall–Kier alpha value is -5.93. The Morgan fingerprint density at radius 2 is 1.67 bits per heavy atom. The first kappa shape index (κ1) is 40.3. The maximum atomic E-state index is 14.6. The molecule has 0 saturated carbocycles. The first-order valence-electron chi connectivity index (χ1n) is 15.9. The van der Waals surface area contributed by atoms with Crippen LogP contribution >= 0.6 is 23.2 Å². The summed E-state index contributed by atoms with van der Waals surface area (Å²) in [6.45, 7) is -0.828. The maximum Gasteiger partial charge on any atom is 0.547 e. The molecule has 0 radical (unpaired) electrons. The highest BCUT2D eigenvalue weighted by Gasteiger charge is 2.42. The molecule has 23 heteroatoms. The van der Waals surface area contributed by atoms with Gasteiger partial charge in [-0.3, -0.25) is 24.1 Å². The molecule has 1 fully saturated rings. The number of carboxylic acid groups (broad SMARTS) is 1. The predicted octanol–water partition coefficient (Wildman–Crippen LogP) is 1.61. The van der Waals surface area contributed by atoms with Crippen LogP contribution in [0.2, 0.25) is 10.0 Å². The highest BCUT2D eigenvalue weighted by atomic mass is 35.5. The van der Waals surface area contributed by atoms with Gasteiger partial charge in [-0.1, -0.05) is 29.3 Å². The molecule has 3 aromatic carbocycles. The Morgan fingerprint density at radius 1 is 0.964 bits per heavy atom. The number of aromatic hydroxyl groups is 3. The van der Waals surface area contributed by atoms with Crippen LogP contribution in [0, 0.1) is 17.5 Å². The first-order valence-corrected chi connectivity index (χ1v) is 16.6. The number of nitrogens with one attached hydrogen (secondary N) is 3. The van der Waals surface area contributed by atoms with E-state index in [0.717, 1.165) is 29.2 Å². The van der Waals surface area contributed by atoms with E-state index < -0.39 is 123 Å². The molecule has 0 bridgehead atoms. The Kier molecular flexibility index (Phi) is 11.9. The Morgan fingerprint density at radius 3 is 2.36 bits per heavy atom. The molecule has 2 aliphatic heterocycles. The zero-order valence-electron chi connectivity index (χ0n) is 27.7. The Labute approximate surface area is 317 Å². The third-order valence-corrected chi connectivity index (χ3v) is 9.31. The van der Waals surface area contributed by atoms with E-state index in [2.05, 4.69) is 16.0 Å². The number of imide groups is 1. The van der Waals surface area contributed by atoms with Crippen molar-refractivity contribution in [2.24, 2.45) is 0 Å². The molecule has 0 spiro atoms. The lowest BCUT2D eigenvalue weighted by Crippen LogP contribution is -2.60. The Bertz CT molecular complexity index is 2130. The fourth-order valence-electron chi connectivity index (χ4n) is 5.71. The van der Waals surface area contributed by atoms with Crippen molar-refractivity contribution < 1.29 is 72.0 Å². The van der Waals surface area contributed by atoms with E-state index in [1.165, 1.54) is 0 Å². The van der Waals surface area contributed by atoms with Crippen molar-refractivity contribution in [3.05, 3.63) is 80.1 Å². The average molecular weight is 812 g/mol. The molecular formula is C32H27BCl2F3N5O12. The molecule has 6 amide bonds. The summed E-state index contributed by atoms with van der Waals surface area (Å²) in [6, 6.07) is 1.01. The summed E-state index contributed by atoms with van der Waals surface area (Å²) in [7, 11) is -2.00. The largest absolute Gasteiger partial charge is 0.547 e. The number of hydrogen-bond donors (Lipinski definition) is 8. The van der Waals surface area contributed by atoms with Crippen LogP contribution in [0.25, 0.3) is 0 Å². The van der Waals surface area contributed by atoms with Gasteiger partial charge in [0.15, 0.2) is 28.9 Å². The number of fused-ring (bicyclic) bond motifs is 1. The van der Waals surface area contributed by atoms with Crippen LogP contribution in [0.4, 0.5) is 18.0 Å². The van der Waals surface area contributed by atoms with Gasteiger partial charge in [-0.25, -0.2) is 22.8 Å². The van der Waals surface area contributed by atoms with Gasteiger partial charge in [0.25, 0.3) is 5.91 Å². The van der Waals surface area contributed by atoms with Crippen LogP contribution in [0.5, 0.6) is 23.0 Å². The van der Waals surface area contributed by atoms with Gasteiger partial charge in [0, 0.05) is 31.7 Å². The highest BCUT2D eigenvalue weighted by molar-refractivity contribution is 6.47. The fraction of sp³-hybridized carbons (Fsp3) is 0.250.